The van der Waals surface area contributed by atoms with E-state index in [4.69, 9.17) is 9.47 Å². The summed E-state index contributed by atoms with van der Waals surface area (Å²) in [5.74, 6) is 0. The zero-order chi connectivity index (χ0) is 20.7. The van der Waals surface area contributed by atoms with Gasteiger partial charge in [-0.3, -0.25) is 10.3 Å². The topological polar surface area (TPSA) is 85.4 Å². The third-order valence-corrected chi connectivity index (χ3v) is 6.80. The standard InChI is InChI=1S/C22H30N4O3S/c27-20(26-21-25-18(16-30-21)17-7-5-11-23-15-17)24-12-6-10-22(19-28-13-14-29-19)8-3-1-2-4-9-22/h5,7,11,15-16,19H,1-4,6,8-10,12-14H2,(H2,24,25,26,27). The quantitative estimate of drug-likeness (QED) is 0.486. The molecule has 8 heteroatoms. The molecular formula is C22H30N4O3S. The molecule has 4 rings (SSSR count). The monoisotopic (exact) mass is 430 g/mol. The third-order valence-electron chi connectivity index (χ3n) is 6.04. The number of amides is 2. The number of rotatable bonds is 7. The molecule has 30 heavy (non-hydrogen) atoms. The maximum Gasteiger partial charge on any atom is 0.321 e. The number of urea groups is 1. The molecule has 3 heterocycles. The number of hydrogen-bond acceptors (Lipinski definition) is 6. The first kappa shape index (κ1) is 21.2. The van der Waals surface area contributed by atoms with Gasteiger partial charge in [0.1, 0.15) is 0 Å². The lowest BCUT2D eigenvalue weighted by atomic mass is 9.75. The fourth-order valence-corrected chi connectivity index (χ4v) is 5.22. The number of thiazole rings is 1. The Hall–Kier alpha value is -2.03. The Labute approximate surface area is 181 Å². The normalized spacial score (nSPS) is 19.3. The van der Waals surface area contributed by atoms with Crippen molar-refractivity contribution >= 4 is 22.5 Å². The van der Waals surface area contributed by atoms with Gasteiger partial charge in [-0.25, -0.2) is 9.78 Å². The molecule has 7 nitrogen and oxygen atoms in total. The minimum absolute atomic E-state index is 0.0781. The van der Waals surface area contributed by atoms with Gasteiger partial charge in [0.2, 0.25) is 0 Å². The summed E-state index contributed by atoms with van der Waals surface area (Å²) < 4.78 is 11.8. The van der Waals surface area contributed by atoms with Crippen LogP contribution in [0.3, 0.4) is 0 Å². The van der Waals surface area contributed by atoms with E-state index in [1.54, 1.807) is 12.4 Å². The van der Waals surface area contributed by atoms with E-state index in [1.165, 1.54) is 37.0 Å². The molecule has 1 aliphatic heterocycles. The molecule has 2 N–H and O–H groups in total. The van der Waals surface area contributed by atoms with E-state index in [0.717, 1.165) is 36.9 Å². The van der Waals surface area contributed by atoms with Gasteiger partial charge in [0.15, 0.2) is 11.4 Å². The average Bonchev–Trinajstić information content (AvgIpc) is 3.42. The first-order valence-electron chi connectivity index (χ1n) is 10.9. The number of ether oxygens (including phenoxy) is 2. The molecule has 2 fully saturated rings. The predicted octanol–water partition coefficient (Wildman–Crippen LogP) is 4.82. The summed E-state index contributed by atoms with van der Waals surface area (Å²) in [4.78, 5) is 20.9. The second kappa shape index (κ2) is 10.3. The van der Waals surface area contributed by atoms with E-state index in [-0.39, 0.29) is 17.7 Å². The Kier molecular flexibility index (Phi) is 7.30. The molecule has 162 valence electrons. The number of anilines is 1. The van der Waals surface area contributed by atoms with E-state index in [9.17, 15) is 4.79 Å². The first-order chi connectivity index (χ1) is 14.8. The Bertz CT molecular complexity index is 800. The highest BCUT2D eigenvalue weighted by molar-refractivity contribution is 7.14. The molecule has 0 radical (unpaired) electrons. The van der Waals surface area contributed by atoms with Crippen molar-refractivity contribution in [2.45, 2.75) is 57.7 Å². The van der Waals surface area contributed by atoms with Crippen molar-refractivity contribution in [2.24, 2.45) is 5.41 Å². The molecule has 0 aromatic carbocycles. The van der Waals surface area contributed by atoms with Crippen LogP contribution in [-0.2, 0) is 9.47 Å². The highest BCUT2D eigenvalue weighted by Gasteiger charge is 2.42. The molecule has 0 atom stereocenters. The molecule has 2 aromatic heterocycles. The zero-order valence-electron chi connectivity index (χ0n) is 17.3. The van der Waals surface area contributed by atoms with E-state index in [2.05, 4.69) is 20.6 Å². The van der Waals surface area contributed by atoms with Crippen molar-refractivity contribution in [1.82, 2.24) is 15.3 Å². The lowest BCUT2D eigenvalue weighted by Gasteiger charge is -2.37. The summed E-state index contributed by atoms with van der Waals surface area (Å²) in [6.45, 7) is 2.02. The van der Waals surface area contributed by atoms with Crippen LogP contribution in [0.5, 0.6) is 0 Å². The highest BCUT2D eigenvalue weighted by Crippen LogP contribution is 2.44. The Balaban J connectivity index is 1.24. The van der Waals surface area contributed by atoms with Crippen LogP contribution in [-0.4, -0.2) is 42.0 Å². The Morgan fingerprint density at radius 2 is 2.00 bits per heavy atom. The molecular weight excluding hydrogens is 400 g/mol. The summed E-state index contributed by atoms with van der Waals surface area (Å²) in [5.41, 5.74) is 1.85. The van der Waals surface area contributed by atoms with E-state index >= 15 is 0 Å². The van der Waals surface area contributed by atoms with E-state index in [1.807, 2.05) is 17.5 Å². The molecule has 1 saturated heterocycles. The molecule has 2 aliphatic rings. The smallest absolute Gasteiger partial charge is 0.321 e. The molecule has 0 unspecified atom stereocenters. The van der Waals surface area contributed by atoms with Crippen molar-refractivity contribution < 1.29 is 14.3 Å². The number of pyridine rings is 1. The summed E-state index contributed by atoms with van der Waals surface area (Å²) >= 11 is 1.41. The van der Waals surface area contributed by atoms with Crippen LogP contribution in [0.25, 0.3) is 11.3 Å². The van der Waals surface area contributed by atoms with Crippen LogP contribution < -0.4 is 10.6 Å². The molecule has 1 aliphatic carbocycles. The number of nitrogens with one attached hydrogen (secondary N) is 2. The maximum atomic E-state index is 12.3. The van der Waals surface area contributed by atoms with Crippen LogP contribution in [0.2, 0.25) is 0 Å². The van der Waals surface area contributed by atoms with Crippen molar-refractivity contribution in [2.75, 3.05) is 25.1 Å². The van der Waals surface area contributed by atoms with Crippen LogP contribution in [0, 0.1) is 5.41 Å². The minimum Gasteiger partial charge on any atom is -0.350 e. The lowest BCUT2D eigenvalue weighted by Crippen LogP contribution is -2.37. The maximum absolute atomic E-state index is 12.3. The third kappa shape index (κ3) is 5.36. The Morgan fingerprint density at radius 3 is 2.73 bits per heavy atom. The molecule has 2 amide bonds. The van der Waals surface area contributed by atoms with E-state index < -0.39 is 0 Å². The van der Waals surface area contributed by atoms with E-state index in [0.29, 0.717) is 24.9 Å². The van der Waals surface area contributed by atoms with Gasteiger partial charge in [-0.2, -0.15) is 0 Å². The van der Waals surface area contributed by atoms with Crippen LogP contribution in [0.1, 0.15) is 51.4 Å². The second-order valence-corrected chi connectivity index (χ2v) is 8.97. The summed E-state index contributed by atoms with van der Waals surface area (Å²) in [7, 11) is 0. The van der Waals surface area contributed by atoms with Crippen molar-refractivity contribution in [3.8, 4) is 11.3 Å². The largest absolute Gasteiger partial charge is 0.350 e. The SMILES string of the molecule is O=C(NCCCC1(C2OCCO2)CCCCCC1)Nc1nc(-c2cccnc2)cs1. The minimum atomic E-state index is -0.217. The van der Waals surface area contributed by atoms with Crippen molar-refractivity contribution in [3.63, 3.8) is 0 Å². The summed E-state index contributed by atoms with van der Waals surface area (Å²) in [6, 6.07) is 3.61. The van der Waals surface area contributed by atoms with Gasteiger partial charge >= 0.3 is 6.03 Å². The fourth-order valence-electron chi connectivity index (χ4n) is 4.51. The van der Waals surface area contributed by atoms with Crippen LogP contribution >= 0.6 is 11.3 Å². The fraction of sp³-hybridized carbons (Fsp3) is 0.591. The van der Waals surface area contributed by atoms with Crippen molar-refractivity contribution in [3.05, 3.63) is 29.9 Å². The molecule has 0 bridgehead atoms. The van der Waals surface area contributed by atoms with Gasteiger partial charge < -0.3 is 14.8 Å². The number of carbonyl (C=O) groups is 1. The van der Waals surface area contributed by atoms with Gasteiger partial charge in [-0.15, -0.1) is 11.3 Å². The first-order valence-corrected chi connectivity index (χ1v) is 11.8. The van der Waals surface area contributed by atoms with Gasteiger partial charge in [0, 0.05) is 35.3 Å². The van der Waals surface area contributed by atoms with Gasteiger partial charge in [-0.1, -0.05) is 25.7 Å². The second-order valence-electron chi connectivity index (χ2n) is 8.11. The van der Waals surface area contributed by atoms with Gasteiger partial charge in [0.05, 0.1) is 18.9 Å². The number of carbonyl (C=O) groups excluding carboxylic acids is 1. The predicted molar refractivity (Wildman–Crippen MR) is 117 cm³/mol. The lowest BCUT2D eigenvalue weighted by molar-refractivity contribution is -0.143. The Morgan fingerprint density at radius 1 is 1.20 bits per heavy atom. The van der Waals surface area contributed by atoms with Gasteiger partial charge in [-0.05, 0) is 37.8 Å². The van der Waals surface area contributed by atoms with Crippen molar-refractivity contribution in [1.29, 1.82) is 0 Å². The average molecular weight is 431 g/mol. The molecule has 0 spiro atoms. The number of aromatic nitrogens is 2. The van der Waals surface area contributed by atoms with Crippen LogP contribution in [0.15, 0.2) is 29.9 Å². The summed E-state index contributed by atoms with van der Waals surface area (Å²) in [6.07, 6.45) is 12.7. The van der Waals surface area contributed by atoms with Crippen LogP contribution in [0.4, 0.5) is 9.93 Å². The molecule has 1 saturated carbocycles. The van der Waals surface area contributed by atoms with Gasteiger partial charge in [0.25, 0.3) is 0 Å². The zero-order valence-corrected chi connectivity index (χ0v) is 18.1. The number of nitrogens with zero attached hydrogens (tertiary/aromatic N) is 2. The molecule has 2 aromatic rings. The summed E-state index contributed by atoms with van der Waals surface area (Å²) in [5, 5.41) is 8.30. The number of hydrogen-bond donors (Lipinski definition) is 2. The highest BCUT2D eigenvalue weighted by atomic mass is 32.1.